The maximum Gasteiger partial charge on any atom is 0.257 e. The molecule has 184 valence electrons. The molecule has 0 saturated heterocycles. The molecule has 4 rings (SSSR count). The molecular weight excluding hydrogens is 442 g/mol. The summed E-state index contributed by atoms with van der Waals surface area (Å²) in [4.78, 5) is 31.3. The zero-order valence-electron chi connectivity index (χ0n) is 20.2. The zero-order chi connectivity index (χ0) is 24.5. The molecule has 0 saturated carbocycles. The van der Waals surface area contributed by atoms with E-state index in [1.165, 1.54) is 11.1 Å². The Morgan fingerprint density at radius 2 is 1.91 bits per heavy atom. The molecule has 2 N–H and O–H groups in total. The predicted molar refractivity (Wildman–Crippen MR) is 134 cm³/mol. The fraction of sp³-hybridized carbons (Fsp3) is 0.370. The molecule has 0 aliphatic carbocycles. The van der Waals surface area contributed by atoms with E-state index in [1.54, 1.807) is 30.5 Å². The van der Waals surface area contributed by atoms with Crippen LogP contribution in [0.15, 0.2) is 60.9 Å². The largest absolute Gasteiger partial charge is 0.484 e. The first-order valence-electron chi connectivity index (χ1n) is 12.1. The summed E-state index contributed by atoms with van der Waals surface area (Å²) in [7, 11) is 1.93. The van der Waals surface area contributed by atoms with Crippen LogP contribution in [0.4, 0.5) is 0 Å². The number of carbonyl (C=O) groups excluding carboxylic acids is 2. The number of aromatic nitrogens is 2. The van der Waals surface area contributed by atoms with Gasteiger partial charge in [0.2, 0.25) is 0 Å². The molecule has 35 heavy (non-hydrogen) atoms. The molecule has 0 bridgehead atoms. The van der Waals surface area contributed by atoms with Gasteiger partial charge in [-0.1, -0.05) is 30.3 Å². The molecule has 0 radical (unpaired) electrons. The van der Waals surface area contributed by atoms with Gasteiger partial charge in [-0.05, 0) is 42.2 Å². The summed E-state index contributed by atoms with van der Waals surface area (Å²) in [6, 6.07) is 15.5. The quantitative estimate of drug-likeness (QED) is 0.416. The lowest BCUT2D eigenvalue weighted by atomic mass is 10.00. The lowest BCUT2D eigenvalue weighted by Crippen LogP contribution is -2.35. The molecule has 2 heterocycles. The average Bonchev–Trinajstić information content (AvgIpc) is 3.29. The second kappa shape index (κ2) is 12.2. The van der Waals surface area contributed by atoms with Crippen LogP contribution in [0, 0.1) is 0 Å². The Bertz CT molecular complexity index is 1140. The standard InChI is InChI=1S/C27H33N5O3/c1-31-17-14-28-25(31)10-13-30-27(34)22-8-4-9-24(18-22)35-20-26(33)29-12-5-15-32-16-11-21-6-2-3-7-23(21)19-32/h2-4,6-9,14,17-18H,5,10-13,15-16,19-20H2,1H3,(H,29,33)(H,30,34). The molecule has 0 fully saturated rings. The fourth-order valence-corrected chi connectivity index (χ4v) is 4.23. The van der Waals surface area contributed by atoms with Gasteiger partial charge in [0.15, 0.2) is 6.61 Å². The summed E-state index contributed by atoms with van der Waals surface area (Å²) in [5, 5.41) is 5.81. The molecule has 0 atom stereocenters. The van der Waals surface area contributed by atoms with Gasteiger partial charge < -0.3 is 19.9 Å². The highest BCUT2D eigenvalue weighted by molar-refractivity contribution is 5.94. The Hall–Kier alpha value is -3.65. The number of hydrogen-bond acceptors (Lipinski definition) is 5. The zero-order valence-corrected chi connectivity index (χ0v) is 20.2. The number of rotatable bonds is 11. The number of hydrogen-bond donors (Lipinski definition) is 2. The smallest absolute Gasteiger partial charge is 0.257 e. The number of nitrogens with one attached hydrogen (secondary N) is 2. The lowest BCUT2D eigenvalue weighted by Gasteiger charge is -2.28. The van der Waals surface area contributed by atoms with Crippen LogP contribution in [-0.2, 0) is 31.2 Å². The number of ether oxygens (including phenoxy) is 1. The molecule has 3 aromatic rings. The third-order valence-electron chi connectivity index (χ3n) is 6.20. The fourth-order valence-electron chi connectivity index (χ4n) is 4.23. The lowest BCUT2D eigenvalue weighted by molar-refractivity contribution is -0.123. The van der Waals surface area contributed by atoms with E-state index >= 15 is 0 Å². The number of aryl methyl sites for hydroxylation is 1. The highest BCUT2D eigenvalue weighted by atomic mass is 16.5. The molecule has 2 amide bonds. The van der Waals surface area contributed by atoms with Crippen LogP contribution in [0.3, 0.4) is 0 Å². The molecule has 2 aromatic carbocycles. The molecule has 1 aromatic heterocycles. The molecule has 0 unspecified atom stereocenters. The molecule has 1 aliphatic rings. The van der Waals surface area contributed by atoms with E-state index in [4.69, 9.17) is 4.74 Å². The summed E-state index contributed by atoms with van der Waals surface area (Å²) in [5.74, 6) is 1.05. The van der Waals surface area contributed by atoms with Crippen molar-refractivity contribution in [3.63, 3.8) is 0 Å². The van der Waals surface area contributed by atoms with Crippen LogP contribution in [0.25, 0.3) is 0 Å². The highest BCUT2D eigenvalue weighted by Crippen LogP contribution is 2.18. The van der Waals surface area contributed by atoms with E-state index in [1.807, 2.05) is 17.8 Å². The van der Waals surface area contributed by atoms with Crippen molar-refractivity contribution in [1.82, 2.24) is 25.1 Å². The first kappa shape index (κ1) is 24.5. The van der Waals surface area contributed by atoms with Gasteiger partial charge in [0.25, 0.3) is 11.8 Å². The van der Waals surface area contributed by atoms with Gasteiger partial charge in [-0.2, -0.15) is 0 Å². The molecule has 8 heteroatoms. The maximum absolute atomic E-state index is 12.4. The third-order valence-corrected chi connectivity index (χ3v) is 6.20. The van der Waals surface area contributed by atoms with Crippen molar-refractivity contribution in [2.75, 3.05) is 32.8 Å². The first-order chi connectivity index (χ1) is 17.1. The van der Waals surface area contributed by atoms with Crippen LogP contribution in [-0.4, -0.2) is 59.1 Å². The third kappa shape index (κ3) is 7.16. The van der Waals surface area contributed by atoms with Crippen LogP contribution in [0.5, 0.6) is 5.75 Å². The Labute approximate surface area is 206 Å². The summed E-state index contributed by atoms with van der Waals surface area (Å²) in [6.07, 6.45) is 6.24. The van der Waals surface area contributed by atoms with Gasteiger partial charge in [0.05, 0.1) is 0 Å². The van der Waals surface area contributed by atoms with Crippen molar-refractivity contribution in [1.29, 1.82) is 0 Å². The van der Waals surface area contributed by atoms with Crippen molar-refractivity contribution in [2.24, 2.45) is 7.05 Å². The van der Waals surface area contributed by atoms with Gasteiger partial charge in [0, 0.05) is 64.1 Å². The minimum absolute atomic E-state index is 0.0820. The number of fused-ring (bicyclic) bond motifs is 1. The molecule has 0 spiro atoms. The van der Waals surface area contributed by atoms with Crippen molar-refractivity contribution < 1.29 is 14.3 Å². The second-order valence-corrected chi connectivity index (χ2v) is 8.78. The van der Waals surface area contributed by atoms with E-state index in [9.17, 15) is 9.59 Å². The summed E-state index contributed by atoms with van der Waals surface area (Å²) < 4.78 is 7.54. The van der Waals surface area contributed by atoms with Crippen molar-refractivity contribution in [3.8, 4) is 5.75 Å². The maximum atomic E-state index is 12.4. The minimum atomic E-state index is -0.186. The Morgan fingerprint density at radius 3 is 2.74 bits per heavy atom. The highest BCUT2D eigenvalue weighted by Gasteiger charge is 2.15. The Kier molecular flexibility index (Phi) is 8.51. The van der Waals surface area contributed by atoms with Crippen molar-refractivity contribution in [3.05, 3.63) is 83.4 Å². The van der Waals surface area contributed by atoms with E-state index in [2.05, 4.69) is 44.8 Å². The Balaban J connectivity index is 1.12. The first-order valence-corrected chi connectivity index (χ1v) is 12.1. The summed E-state index contributed by atoms with van der Waals surface area (Å²) in [5.41, 5.74) is 3.34. The molecule has 8 nitrogen and oxygen atoms in total. The normalized spacial score (nSPS) is 13.2. The van der Waals surface area contributed by atoms with E-state index < -0.39 is 0 Å². The van der Waals surface area contributed by atoms with Crippen LogP contribution in [0.2, 0.25) is 0 Å². The van der Waals surface area contributed by atoms with Gasteiger partial charge in [-0.15, -0.1) is 0 Å². The van der Waals surface area contributed by atoms with Gasteiger partial charge in [0.1, 0.15) is 11.6 Å². The van der Waals surface area contributed by atoms with E-state index in [-0.39, 0.29) is 18.4 Å². The number of imidazole rings is 1. The van der Waals surface area contributed by atoms with Gasteiger partial charge in [-0.3, -0.25) is 14.5 Å². The number of benzene rings is 2. The predicted octanol–water partition coefficient (Wildman–Crippen LogP) is 2.34. The van der Waals surface area contributed by atoms with Crippen LogP contribution < -0.4 is 15.4 Å². The SMILES string of the molecule is Cn1ccnc1CCNC(=O)c1cccc(OCC(=O)NCCCN2CCc3ccccc3C2)c1. The topological polar surface area (TPSA) is 88.5 Å². The Morgan fingerprint density at radius 1 is 1.06 bits per heavy atom. The van der Waals surface area contributed by atoms with Gasteiger partial charge in [-0.25, -0.2) is 4.98 Å². The number of nitrogens with zero attached hydrogens (tertiary/aromatic N) is 3. The van der Waals surface area contributed by atoms with Crippen LogP contribution in [0.1, 0.15) is 33.7 Å². The van der Waals surface area contributed by atoms with Crippen LogP contribution >= 0.6 is 0 Å². The van der Waals surface area contributed by atoms with Crippen molar-refractivity contribution >= 4 is 11.8 Å². The average molecular weight is 476 g/mol. The number of amides is 2. The number of carbonyl (C=O) groups is 2. The molecule has 1 aliphatic heterocycles. The second-order valence-electron chi connectivity index (χ2n) is 8.78. The van der Waals surface area contributed by atoms with E-state index in [0.29, 0.717) is 30.8 Å². The van der Waals surface area contributed by atoms with Gasteiger partial charge >= 0.3 is 0 Å². The van der Waals surface area contributed by atoms with Crippen molar-refractivity contribution in [2.45, 2.75) is 25.8 Å². The molecular formula is C27H33N5O3. The van der Waals surface area contributed by atoms with E-state index in [0.717, 1.165) is 38.3 Å². The summed E-state index contributed by atoms with van der Waals surface area (Å²) in [6.45, 7) is 4.00. The monoisotopic (exact) mass is 475 g/mol. The minimum Gasteiger partial charge on any atom is -0.484 e. The summed E-state index contributed by atoms with van der Waals surface area (Å²) >= 11 is 0.